The van der Waals surface area contributed by atoms with Crippen molar-refractivity contribution in [3.8, 4) is 0 Å². The maximum absolute atomic E-state index is 13.3. The number of likely N-dealkylation sites (N-methyl/N-ethyl adjacent to an activating group) is 1. The lowest BCUT2D eigenvalue weighted by Gasteiger charge is -2.15. The first-order chi connectivity index (χ1) is 8.00. The van der Waals surface area contributed by atoms with Gasteiger partial charge in [-0.25, -0.2) is 9.18 Å². The highest BCUT2D eigenvalue weighted by Gasteiger charge is 2.33. The second kappa shape index (κ2) is 4.44. The highest BCUT2D eigenvalue weighted by molar-refractivity contribution is 9.10. The third-order valence-electron chi connectivity index (χ3n) is 2.59. The predicted octanol–water partition coefficient (Wildman–Crippen LogP) is 1.98. The van der Waals surface area contributed by atoms with E-state index >= 15 is 0 Å². The van der Waals surface area contributed by atoms with E-state index < -0.39 is 5.82 Å². The van der Waals surface area contributed by atoms with E-state index in [1.54, 1.807) is 19.2 Å². The molecule has 0 spiro atoms. The maximum atomic E-state index is 13.3. The van der Waals surface area contributed by atoms with Gasteiger partial charge >= 0.3 is 6.03 Å². The summed E-state index contributed by atoms with van der Waals surface area (Å²) in [5.41, 5.74) is 0.571. The molecule has 1 saturated heterocycles. The normalized spacial score (nSPS) is 15.9. The van der Waals surface area contributed by atoms with Crippen molar-refractivity contribution in [2.24, 2.45) is 0 Å². The molecule has 1 heterocycles. The fourth-order valence-corrected chi connectivity index (χ4v) is 2.06. The van der Waals surface area contributed by atoms with Crippen LogP contribution in [0.15, 0.2) is 22.7 Å². The van der Waals surface area contributed by atoms with E-state index in [-0.39, 0.29) is 29.5 Å². The van der Waals surface area contributed by atoms with E-state index in [0.29, 0.717) is 5.56 Å². The van der Waals surface area contributed by atoms with Crippen LogP contribution in [0.1, 0.15) is 5.56 Å². The predicted molar refractivity (Wildman–Crippen MR) is 62.7 cm³/mol. The van der Waals surface area contributed by atoms with Gasteiger partial charge in [0.1, 0.15) is 12.4 Å². The van der Waals surface area contributed by atoms with Crippen LogP contribution in [0.4, 0.5) is 9.18 Å². The Morgan fingerprint density at radius 3 is 2.71 bits per heavy atom. The minimum absolute atomic E-state index is 0.0752. The standard InChI is InChI=1S/C11H10BrFN2O2/c1-14-6-9(16)15(11(14)17)5-7-3-2-4-8(13)10(7)12/h2-4H,5-6H2,1H3. The van der Waals surface area contributed by atoms with Crippen LogP contribution in [0.5, 0.6) is 0 Å². The Labute approximate surface area is 106 Å². The van der Waals surface area contributed by atoms with E-state index in [2.05, 4.69) is 15.9 Å². The van der Waals surface area contributed by atoms with Crippen molar-refractivity contribution in [3.63, 3.8) is 0 Å². The molecule has 0 unspecified atom stereocenters. The van der Waals surface area contributed by atoms with Gasteiger partial charge in [-0.15, -0.1) is 0 Å². The Hall–Kier alpha value is -1.43. The number of hydrogen-bond acceptors (Lipinski definition) is 2. The van der Waals surface area contributed by atoms with Gasteiger partial charge in [-0.2, -0.15) is 0 Å². The van der Waals surface area contributed by atoms with Gasteiger partial charge < -0.3 is 4.90 Å². The molecule has 3 amide bonds. The number of hydrogen-bond donors (Lipinski definition) is 0. The lowest BCUT2D eigenvalue weighted by atomic mass is 10.2. The quantitative estimate of drug-likeness (QED) is 0.784. The third-order valence-corrected chi connectivity index (χ3v) is 3.48. The molecule has 0 radical (unpaired) electrons. The SMILES string of the molecule is CN1CC(=O)N(Cc2cccc(F)c2Br)C1=O. The summed E-state index contributed by atoms with van der Waals surface area (Å²) >= 11 is 3.10. The zero-order valence-corrected chi connectivity index (χ0v) is 10.7. The van der Waals surface area contributed by atoms with E-state index in [0.717, 1.165) is 4.90 Å². The lowest BCUT2D eigenvalue weighted by molar-refractivity contribution is -0.125. The van der Waals surface area contributed by atoms with Gasteiger partial charge in [0.15, 0.2) is 0 Å². The number of carbonyl (C=O) groups is 2. The monoisotopic (exact) mass is 300 g/mol. The van der Waals surface area contributed by atoms with Gasteiger partial charge in [-0.1, -0.05) is 12.1 Å². The third kappa shape index (κ3) is 2.17. The van der Waals surface area contributed by atoms with Crippen LogP contribution in [-0.4, -0.2) is 35.3 Å². The van der Waals surface area contributed by atoms with Crippen molar-refractivity contribution < 1.29 is 14.0 Å². The lowest BCUT2D eigenvalue weighted by Crippen LogP contribution is -2.31. The summed E-state index contributed by atoms with van der Waals surface area (Å²) in [5, 5.41) is 0. The molecular weight excluding hydrogens is 291 g/mol. The fraction of sp³-hybridized carbons (Fsp3) is 0.273. The van der Waals surface area contributed by atoms with Gasteiger partial charge in [0.05, 0.1) is 11.0 Å². The van der Waals surface area contributed by atoms with Crippen LogP contribution in [0, 0.1) is 5.82 Å². The average molecular weight is 301 g/mol. The van der Waals surface area contributed by atoms with Crippen molar-refractivity contribution in [3.05, 3.63) is 34.1 Å². The molecule has 90 valence electrons. The van der Waals surface area contributed by atoms with Crippen LogP contribution in [-0.2, 0) is 11.3 Å². The van der Waals surface area contributed by atoms with Gasteiger partial charge in [0.25, 0.3) is 5.91 Å². The van der Waals surface area contributed by atoms with E-state index in [1.807, 2.05) is 0 Å². The zero-order valence-electron chi connectivity index (χ0n) is 9.11. The van der Waals surface area contributed by atoms with Gasteiger partial charge in [0.2, 0.25) is 0 Å². The first-order valence-corrected chi connectivity index (χ1v) is 5.78. The molecule has 0 aromatic heterocycles. The molecule has 2 rings (SSSR count). The van der Waals surface area contributed by atoms with Crippen molar-refractivity contribution in [2.75, 3.05) is 13.6 Å². The molecule has 0 atom stereocenters. The molecule has 4 nitrogen and oxygen atoms in total. The second-order valence-electron chi connectivity index (χ2n) is 3.83. The number of carbonyl (C=O) groups excluding carboxylic acids is 2. The smallest absolute Gasteiger partial charge is 0.318 e. The van der Waals surface area contributed by atoms with Crippen LogP contribution >= 0.6 is 15.9 Å². The number of urea groups is 1. The summed E-state index contributed by atoms with van der Waals surface area (Å²) in [6, 6.07) is 4.18. The molecule has 0 N–H and O–H groups in total. The summed E-state index contributed by atoms with van der Waals surface area (Å²) in [6.45, 7) is 0.159. The molecule has 17 heavy (non-hydrogen) atoms. The van der Waals surface area contributed by atoms with Gasteiger partial charge in [-0.05, 0) is 27.6 Å². The van der Waals surface area contributed by atoms with Crippen molar-refractivity contribution in [1.29, 1.82) is 0 Å². The van der Waals surface area contributed by atoms with E-state index in [9.17, 15) is 14.0 Å². The summed E-state index contributed by atoms with van der Waals surface area (Å²) in [5.74, 6) is -0.677. The van der Waals surface area contributed by atoms with E-state index in [4.69, 9.17) is 0 Å². The highest BCUT2D eigenvalue weighted by atomic mass is 79.9. The van der Waals surface area contributed by atoms with Crippen LogP contribution in [0.2, 0.25) is 0 Å². The maximum Gasteiger partial charge on any atom is 0.327 e. The molecule has 0 aliphatic carbocycles. The summed E-state index contributed by atoms with van der Waals surface area (Å²) < 4.78 is 13.6. The Kier molecular flexibility index (Phi) is 3.15. The topological polar surface area (TPSA) is 40.6 Å². The van der Waals surface area contributed by atoms with Crippen LogP contribution < -0.4 is 0 Å². The van der Waals surface area contributed by atoms with Gasteiger partial charge in [0, 0.05) is 7.05 Å². The molecule has 6 heteroatoms. The minimum Gasteiger partial charge on any atom is -0.318 e. The number of halogens is 2. The molecule has 1 aliphatic rings. The highest BCUT2D eigenvalue weighted by Crippen LogP contribution is 2.23. The van der Waals surface area contributed by atoms with Gasteiger partial charge in [-0.3, -0.25) is 9.69 Å². The summed E-state index contributed by atoms with van der Waals surface area (Å²) in [7, 11) is 1.56. The molecule has 1 aromatic rings. The Morgan fingerprint density at radius 2 is 2.12 bits per heavy atom. The van der Waals surface area contributed by atoms with Crippen molar-refractivity contribution in [1.82, 2.24) is 9.80 Å². The van der Waals surface area contributed by atoms with Crippen molar-refractivity contribution >= 4 is 27.9 Å². The number of nitrogens with zero attached hydrogens (tertiary/aromatic N) is 2. The van der Waals surface area contributed by atoms with Crippen molar-refractivity contribution in [2.45, 2.75) is 6.54 Å². The first-order valence-electron chi connectivity index (χ1n) is 4.99. The molecule has 1 fully saturated rings. The number of benzene rings is 1. The summed E-state index contributed by atoms with van der Waals surface area (Å²) in [6.07, 6.45) is 0. The minimum atomic E-state index is -0.407. The molecular formula is C11H10BrFN2O2. The molecule has 0 bridgehead atoms. The van der Waals surface area contributed by atoms with E-state index in [1.165, 1.54) is 11.0 Å². The molecule has 1 aliphatic heterocycles. The molecule has 1 aromatic carbocycles. The number of imide groups is 1. The first kappa shape index (κ1) is 12.0. The summed E-state index contributed by atoms with van der Waals surface area (Å²) in [4.78, 5) is 25.6. The largest absolute Gasteiger partial charge is 0.327 e. The fourth-order valence-electron chi connectivity index (χ4n) is 1.67. The second-order valence-corrected chi connectivity index (χ2v) is 4.62. The zero-order chi connectivity index (χ0) is 12.6. The Balaban J connectivity index is 2.24. The number of rotatable bonds is 2. The number of amides is 3. The van der Waals surface area contributed by atoms with Crippen LogP contribution in [0.25, 0.3) is 0 Å². The van der Waals surface area contributed by atoms with Crippen LogP contribution in [0.3, 0.4) is 0 Å². The Bertz CT molecular complexity index is 492. The average Bonchev–Trinajstić information content (AvgIpc) is 2.51. The Morgan fingerprint density at radius 1 is 1.41 bits per heavy atom. The molecule has 0 saturated carbocycles.